The van der Waals surface area contributed by atoms with Gasteiger partial charge in [0.1, 0.15) is 11.9 Å². The minimum atomic E-state index is 0.185. The third-order valence-corrected chi connectivity index (χ3v) is 6.54. The van der Waals surface area contributed by atoms with Gasteiger partial charge >= 0.3 is 0 Å². The highest BCUT2D eigenvalue weighted by Crippen LogP contribution is 2.35. The van der Waals surface area contributed by atoms with Crippen LogP contribution in [0.4, 0.5) is 0 Å². The van der Waals surface area contributed by atoms with Gasteiger partial charge in [-0.25, -0.2) is 4.98 Å². The van der Waals surface area contributed by atoms with E-state index < -0.39 is 0 Å². The molecule has 27 heavy (non-hydrogen) atoms. The van der Waals surface area contributed by atoms with E-state index >= 15 is 0 Å². The van der Waals surface area contributed by atoms with Crippen molar-refractivity contribution in [2.75, 3.05) is 46.4 Å². The molecule has 4 rings (SSSR count). The number of aryl methyl sites for hydroxylation is 2. The molecule has 150 valence electrons. The molecule has 3 aliphatic rings. The number of fused-ring (bicyclic) bond motifs is 1. The summed E-state index contributed by atoms with van der Waals surface area (Å²) in [6, 6.07) is 0. The van der Waals surface area contributed by atoms with Gasteiger partial charge in [0.25, 0.3) is 0 Å². The lowest BCUT2D eigenvalue weighted by molar-refractivity contribution is -0.0504. The fraction of sp³-hybridized carbons (Fsp3) is 0.810. The molecule has 6 heteroatoms. The zero-order chi connectivity index (χ0) is 18.9. The molecule has 6 nitrogen and oxygen atoms in total. The molecule has 2 fully saturated rings. The average molecular weight is 375 g/mol. The van der Waals surface area contributed by atoms with Crippen LogP contribution in [0.3, 0.4) is 0 Å². The predicted octanol–water partition coefficient (Wildman–Crippen LogP) is 2.36. The number of morpholine rings is 1. The van der Waals surface area contributed by atoms with Crippen molar-refractivity contribution in [1.29, 1.82) is 0 Å². The van der Waals surface area contributed by atoms with Crippen molar-refractivity contribution in [3.8, 4) is 5.88 Å². The number of likely N-dealkylation sites (N-methyl/N-ethyl adjacent to an activating group) is 1. The van der Waals surface area contributed by atoms with E-state index in [4.69, 9.17) is 9.47 Å². The minimum Gasteiger partial charge on any atom is -0.472 e. The first kappa shape index (κ1) is 19.1. The molecule has 1 aromatic rings. The van der Waals surface area contributed by atoms with Crippen LogP contribution in [0.15, 0.2) is 0 Å². The van der Waals surface area contributed by atoms with Crippen molar-refractivity contribution in [3.63, 3.8) is 0 Å². The maximum atomic E-state index is 6.18. The number of hydrogen-bond donors (Lipinski definition) is 0. The zero-order valence-electron chi connectivity index (χ0n) is 17.2. The molecular formula is C21H34N4O2. The van der Waals surface area contributed by atoms with Gasteiger partial charge in [-0.05, 0) is 33.7 Å². The van der Waals surface area contributed by atoms with Gasteiger partial charge in [-0.2, -0.15) is 4.98 Å². The van der Waals surface area contributed by atoms with Crippen LogP contribution in [-0.2, 0) is 11.2 Å². The monoisotopic (exact) mass is 374 g/mol. The van der Waals surface area contributed by atoms with Crippen molar-refractivity contribution in [2.24, 2.45) is 0 Å². The van der Waals surface area contributed by atoms with Crippen molar-refractivity contribution >= 4 is 0 Å². The lowest BCUT2D eigenvalue weighted by atomic mass is 9.79. The average Bonchev–Trinajstić information content (AvgIpc) is 3.05. The summed E-state index contributed by atoms with van der Waals surface area (Å²) in [7, 11) is 2.26. The fourth-order valence-corrected chi connectivity index (χ4v) is 5.30. The molecule has 0 aromatic carbocycles. The van der Waals surface area contributed by atoms with Gasteiger partial charge in [-0.1, -0.05) is 19.3 Å². The van der Waals surface area contributed by atoms with E-state index in [-0.39, 0.29) is 6.10 Å². The van der Waals surface area contributed by atoms with Crippen LogP contribution < -0.4 is 4.74 Å². The highest BCUT2D eigenvalue weighted by molar-refractivity contribution is 5.34. The Morgan fingerprint density at radius 3 is 2.59 bits per heavy atom. The topological polar surface area (TPSA) is 50.7 Å². The van der Waals surface area contributed by atoms with Gasteiger partial charge in [0.2, 0.25) is 5.88 Å². The largest absolute Gasteiger partial charge is 0.472 e. The van der Waals surface area contributed by atoms with E-state index in [0.717, 1.165) is 63.2 Å². The minimum absolute atomic E-state index is 0.185. The van der Waals surface area contributed by atoms with Crippen molar-refractivity contribution in [1.82, 2.24) is 19.8 Å². The lowest BCUT2D eigenvalue weighted by Crippen LogP contribution is -2.59. The molecule has 0 radical (unpaired) electrons. The van der Waals surface area contributed by atoms with E-state index in [1.54, 1.807) is 0 Å². The summed E-state index contributed by atoms with van der Waals surface area (Å²) < 4.78 is 11.8. The van der Waals surface area contributed by atoms with Crippen LogP contribution in [-0.4, -0.2) is 77.9 Å². The molecule has 1 atom stereocenters. The van der Waals surface area contributed by atoms with Crippen LogP contribution >= 0.6 is 0 Å². The van der Waals surface area contributed by atoms with Crippen LogP contribution in [0.2, 0.25) is 0 Å². The molecule has 0 bridgehead atoms. The fourth-order valence-electron chi connectivity index (χ4n) is 5.30. The molecule has 0 amide bonds. The lowest BCUT2D eigenvalue weighted by Gasteiger charge is -2.50. The molecule has 1 aromatic heterocycles. The zero-order valence-corrected chi connectivity index (χ0v) is 17.2. The Kier molecular flexibility index (Phi) is 5.67. The number of aromatic nitrogens is 2. The van der Waals surface area contributed by atoms with E-state index in [9.17, 15) is 0 Å². The van der Waals surface area contributed by atoms with Crippen LogP contribution in [0, 0.1) is 13.8 Å². The standard InChI is InChI=1S/C21H34N4O2/c1-16-19-13-18(27-20(19)23-17(2)22-16)14-24(3)15-21(7-5-4-6-8-21)25-9-11-26-12-10-25/h18H,4-15H2,1-3H3/t18-/m0/s1. The summed E-state index contributed by atoms with van der Waals surface area (Å²) in [6.07, 6.45) is 7.82. The Balaban J connectivity index is 1.40. The Bertz CT molecular complexity index is 654. The molecule has 1 aliphatic carbocycles. The van der Waals surface area contributed by atoms with Gasteiger partial charge in [-0.15, -0.1) is 0 Å². The third-order valence-electron chi connectivity index (χ3n) is 6.54. The number of ether oxygens (including phenoxy) is 2. The molecule has 1 saturated carbocycles. The summed E-state index contributed by atoms with van der Waals surface area (Å²) in [6.45, 7) is 9.98. The summed E-state index contributed by atoms with van der Waals surface area (Å²) in [5.41, 5.74) is 2.58. The van der Waals surface area contributed by atoms with Gasteiger partial charge in [0.05, 0.1) is 13.2 Å². The molecule has 2 aliphatic heterocycles. The smallest absolute Gasteiger partial charge is 0.220 e. The second kappa shape index (κ2) is 8.02. The van der Waals surface area contributed by atoms with Crippen LogP contribution in [0.1, 0.15) is 49.2 Å². The quantitative estimate of drug-likeness (QED) is 0.789. The van der Waals surface area contributed by atoms with Crippen LogP contribution in [0.5, 0.6) is 5.88 Å². The number of hydrogen-bond acceptors (Lipinski definition) is 6. The van der Waals surface area contributed by atoms with Gasteiger partial charge < -0.3 is 14.4 Å². The SMILES string of the molecule is Cc1nc(C)c2c(n1)O[C@H](CN(C)CC1(N3CCOCC3)CCCCC1)C2. The summed E-state index contributed by atoms with van der Waals surface area (Å²) in [5.74, 6) is 1.60. The Morgan fingerprint density at radius 1 is 1.11 bits per heavy atom. The number of rotatable bonds is 5. The molecule has 0 N–H and O–H groups in total. The van der Waals surface area contributed by atoms with E-state index in [1.165, 1.54) is 37.7 Å². The molecule has 0 unspecified atom stereocenters. The van der Waals surface area contributed by atoms with Crippen LogP contribution in [0.25, 0.3) is 0 Å². The molecule has 1 saturated heterocycles. The Hall–Kier alpha value is -1.24. The van der Waals surface area contributed by atoms with Gasteiger partial charge in [-0.3, -0.25) is 4.90 Å². The van der Waals surface area contributed by atoms with Crippen molar-refractivity contribution in [3.05, 3.63) is 17.1 Å². The maximum Gasteiger partial charge on any atom is 0.220 e. The Labute approximate surface area is 163 Å². The third kappa shape index (κ3) is 4.13. The van der Waals surface area contributed by atoms with Crippen molar-refractivity contribution in [2.45, 2.75) is 64.0 Å². The summed E-state index contributed by atoms with van der Waals surface area (Å²) in [4.78, 5) is 14.2. The maximum absolute atomic E-state index is 6.18. The Morgan fingerprint density at radius 2 is 1.85 bits per heavy atom. The predicted molar refractivity (Wildman–Crippen MR) is 105 cm³/mol. The first-order valence-corrected chi connectivity index (χ1v) is 10.6. The highest BCUT2D eigenvalue weighted by atomic mass is 16.5. The second-order valence-electron chi connectivity index (χ2n) is 8.67. The normalized spacial score (nSPS) is 25.4. The first-order valence-electron chi connectivity index (χ1n) is 10.6. The van der Waals surface area contributed by atoms with E-state index in [0.29, 0.717) is 5.54 Å². The van der Waals surface area contributed by atoms with E-state index in [1.807, 2.05) is 6.92 Å². The number of nitrogens with zero attached hydrogens (tertiary/aromatic N) is 4. The van der Waals surface area contributed by atoms with E-state index in [2.05, 4.69) is 33.7 Å². The van der Waals surface area contributed by atoms with Gasteiger partial charge in [0, 0.05) is 49.4 Å². The summed E-state index contributed by atoms with van der Waals surface area (Å²) >= 11 is 0. The summed E-state index contributed by atoms with van der Waals surface area (Å²) in [5, 5.41) is 0. The molecular weight excluding hydrogens is 340 g/mol. The first-order chi connectivity index (χ1) is 13.1. The highest BCUT2D eigenvalue weighted by Gasteiger charge is 2.40. The molecule has 3 heterocycles. The molecule has 0 spiro atoms. The van der Waals surface area contributed by atoms with Gasteiger partial charge in [0.15, 0.2) is 0 Å². The second-order valence-corrected chi connectivity index (χ2v) is 8.67. The van der Waals surface area contributed by atoms with Crippen molar-refractivity contribution < 1.29 is 9.47 Å².